The molecule has 0 unspecified atom stereocenters. The summed E-state index contributed by atoms with van der Waals surface area (Å²) in [5.74, 6) is 0.434. The van der Waals surface area contributed by atoms with Gasteiger partial charge in [0, 0.05) is 78.2 Å². The predicted molar refractivity (Wildman–Crippen MR) is 157 cm³/mol. The van der Waals surface area contributed by atoms with Crippen LogP contribution in [0.15, 0.2) is 66.4 Å². The quantitative estimate of drug-likeness (QED) is 0.448. The van der Waals surface area contributed by atoms with Crippen LogP contribution in [0.5, 0.6) is 0 Å². The summed E-state index contributed by atoms with van der Waals surface area (Å²) >= 11 is 0. The van der Waals surface area contributed by atoms with E-state index < -0.39 is 0 Å². The number of nitrogens with zero attached hydrogens (tertiary/aromatic N) is 5. The summed E-state index contributed by atoms with van der Waals surface area (Å²) in [6.45, 7) is 15.0. The Bertz CT molecular complexity index is 1140. The van der Waals surface area contributed by atoms with Crippen LogP contribution < -0.4 is 4.90 Å². The SMILES string of the molecule is CC(C)OC(=O)c1cccnc1N1CCN(Cc2ccc(CN3CCN(CC4=CC=CCC4)CC3)cc2)CC1. The number of benzene rings is 1. The van der Waals surface area contributed by atoms with Gasteiger partial charge in [0.05, 0.1) is 6.10 Å². The van der Waals surface area contributed by atoms with Crippen molar-refractivity contribution in [2.75, 3.05) is 63.8 Å². The Morgan fingerprint density at radius 3 is 2.00 bits per heavy atom. The number of aromatic nitrogens is 1. The van der Waals surface area contributed by atoms with Crippen molar-refractivity contribution >= 4 is 11.8 Å². The van der Waals surface area contributed by atoms with Crippen molar-refractivity contribution in [2.45, 2.75) is 45.9 Å². The minimum atomic E-state index is -0.299. The molecule has 3 aliphatic rings. The Labute approximate surface area is 233 Å². The van der Waals surface area contributed by atoms with E-state index in [1.54, 1.807) is 17.8 Å². The molecule has 39 heavy (non-hydrogen) atoms. The second-order valence-electron chi connectivity index (χ2n) is 11.3. The van der Waals surface area contributed by atoms with Crippen molar-refractivity contribution in [3.8, 4) is 0 Å². The lowest BCUT2D eigenvalue weighted by atomic mass is 10.0. The van der Waals surface area contributed by atoms with E-state index in [0.717, 1.165) is 77.8 Å². The highest BCUT2D eigenvalue weighted by Crippen LogP contribution is 2.22. The number of carbonyl (C=O) groups excluding carboxylic acids is 1. The second-order valence-corrected chi connectivity index (χ2v) is 11.3. The summed E-state index contributed by atoms with van der Waals surface area (Å²) < 4.78 is 5.43. The summed E-state index contributed by atoms with van der Waals surface area (Å²) in [5.41, 5.74) is 4.88. The van der Waals surface area contributed by atoms with E-state index in [0.29, 0.717) is 5.56 Å². The summed E-state index contributed by atoms with van der Waals surface area (Å²) in [6.07, 6.45) is 10.8. The van der Waals surface area contributed by atoms with Crippen molar-refractivity contribution in [2.24, 2.45) is 0 Å². The molecule has 0 spiro atoms. The smallest absolute Gasteiger partial charge is 0.342 e. The van der Waals surface area contributed by atoms with Crippen molar-refractivity contribution in [1.29, 1.82) is 0 Å². The lowest BCUT2D eigenvalue weighted by molar-refractivity contribution is 0.0378. The molecule has 2 aromatic rings. The molecule has 0 radical (unpaired) electrons. The Morgan fingerprint density at radius 2 is 1.44 bits per heavy atom. The Kier molecular flexibility index (Phi) is 9.45. The number of esters is 1. The molecule has 0 bridgehead atoms. The van der Waals surface area contributed by atoms with Crippen LogP contribution in [0.25, 0.3) is 0 Å². The Balaban J connectivity index is 1.06. The molecule has 7 nitrogen and oxygen atoms in total. The van der Waals surface area contributed by atoms with Crippen LogP contribution >= 0.6 is 0 Å². The van der Waals surface area contributed by atoms with E-state index in [1.165, 1.54) is 24.0 Å². The summed E-state index contributed by atoms with van der Waals surface area (Å²) in [7, 11) is 0. The molecule has 2 aliphatic heterocycles. The van der Waals surface area contributed by atoms with E-state index in [2.05, 4.69) is 67.1 Å². The average Bonchev–Trinajstić information content (AvgIpc) is 2.96. The second kappa shape index (κ2) is 13.4. The number of allylic oxidation sites excluding steroid dienone is 3. The topological polar surface area (TPSA) is 52.2 Å². The first-order valence-corrected chi connectivity index (χ1v) is 14.5. The van der Waals surface area contributed by atoms with Gasteiger partial charge in [-0.1, -0.05) is 48.1 Å². The average molecular weight is 530 g/mol. The van der Waals surface area contributed by atoms with Gasteiger partial charge >= 0.3 is 5.97 Å². The lowest BCUT2D eigenvalue weighted by Crippen LogP contribution is -2.46. The third-order valence-corrected chi connectivity index (χ3v) is 7.85. The minimum Gasteiger partial charge on any atom is -0.459 e. The van der Waals surface area contributed by atoms with Crippen LogP contribution in [0.2, 0.25) is 0 Å². The van der Waals surface area contributed by atoms with Gasteiger partial charge in [-0.15, -0.1) is 0 Å². The predicted octanol–water partition coefficient (Wildman–Crippen LogP) is 4.36. The molecule has 2 fully saturated rings. The van der Waals surface area contributed by atoms with Gasteiger partial charge < -0.3 is 9.64 Å². The molecule has 1 aromatic carbocycles. The van der Waals surface area contributed by atoms with Gasteiger partial charge in [-0.05, 0) is 49.9 Å². The van der Waals surface area contributed by atoms with Crippen molar-refractivity contribution in [3.63, 3.8) is 0 Å². The normalized spacial score (nSPS) is 19.4. The number of carbonyl (C=O) groups is 1. The number of pyridine rings is 1. The van der Waals surface area contributed by atoms with Crippen LogP contribution in [-0.4, -0.2) is 90.7 Å². The molecular formula is C32H43N5O2. The first-order chi connectivity index (χ1) is 19.0. The third kappa shape index (κ3) is 7.78. The highest BCUT2D eigenvalue weighted by molar-refractivity contribution is 5.94. The maximum absolute atomic E-state index is 12.6. The Hall–Kier alpha value is -3.00. The standard InChI is InChI=1S/C32H43N5O2/c1-26(2)39-32(38)30-9-6-14-33-31(30)37-21-19-36(20-22-37)25-29-12-10-28(11-13-29)24-35-17-15-34(16-18-35)23-27-7-4-3-5-8-27/h3-4,6-7,9-14,26H,5,8,15-25H2,1-2H3. The van der Waals surface area contributed by atoms with Crippen LogP contribution in [0.3, 0.4) is 0 Å². The molecular weight excluding hydrogens is 486 g/mol. The summed E-state index contributed by atoms with van der Waals surface area (Å²) in [5, 5.41) is 0. The van der Waals surface area contributed by atoms with Gasteiger partial charge in [0.15, 0.2) is 0 Å². The van der Waals surface area contributed by atoms with Crippen molar-refractivity contribution in [3.05, 3.63) is 83.1 Å². The molecule has 5 rings (SSSR count). The zero-order valence-electron chi connectivity index (χ0n) is 23.6. The number of anilines is 1. The van der Waals surface area contributed by atoms with Crippen molar-refractivity contribution < 1.29 is 9.53 Å². The third-order valence-electron chi connectivity index (χ3n) is 7.85. The zero-order chi connectivity index (χ0) is 27.0. The highest BCUT2D eigenvalue weighted by Gasteiger charge is 2.24. The molecule has 3 heterocycles. The maximum atomic E-state index is 12.6. The molecule has 7 heteroatoms. The fraction of sp³-hybridized carbons (Fsp3) is 0.500. The lowest BCUT2D eigenvalue weighted by Gasteiger charge is -2.36. The fourth-order valence-corrected chi connectivity index (χ4v) is 5.65. The van der Waals surface area contributed by atoms with E-state index in [1.807, 2.05) is 19.9 Å². The fourth-order valence-electron chi connectivity index (χ4n) is 5.65. The number of ether oxygens (including phenoxy) is 1. The van der Waals surface area contributed by atoms with Gasteiger partial charge in [-0.25, -0.2) is 9.78 Å². The first-order valence-electron chi connectivity index (χ1n) is 14.5. The van der Waals surface area contributed by atoms with Gasteiger partial charge in [-0.3, -0.25) is 14.7 Å². The molecule has 1 aliphatic carbocycles. The van der Waals surface area contributed by atoms with Gasteiger partial charge in [0.25, 0.3) is 0 Å². The number of hydrogen-bond acceptors (Lipinski definition) is 7. The largest absolute Gasteiger partial charge is 0.459 e. The minimum absolute atomic E-state index is 0.147. The van der Waals surface area contributed by atoms with Gasteiger partial charge in [0.2, 0.25) is 0 Å². The van der Waals surface area contributed by atoms with Crippen LogP contribution in [-0.2, 0) is 17.8 Å². The molecule has 0 amide bonds. The monoisotopic (exact) mass is 529 g/mol. The van der Waals surface area contributed by atoms with Crippen molar-refractivity contribution in [1.82, 2.24) is 19.7 Å². The number of piperazine rings is 2. The van der Waals surface area contributed by atoms with Crippen LogP contribution in [0.1, 0.15) is 48.2 Å². The van der Waals surface area contributed by atoms with E-state index in [9.17, 15) is 4.79 Å². The highest BCUT2D eigenvalue weighted by atomic mass is 16.5. The molecule has 0 saturated carbocycles. The summed E-state index contributed by atoms with van der Waals surface area (Å²) in [6, 6.07) is 12.8. The zero-order valence-corrected chi connectivity index (χ0v) is 23.6. The first kappa shape index (κ1) is 27.6. The molecule has 0 N–H and O–H groups in total. The molecule has 2 saturated heterocycles. The number of rotatable bonds is 9. The molecule has 1 aromatic heterocycles. The summed E-state index contributed by atoms with van der Waals surface area (Å²) in [4.78, 5) is 27.0. The molecule has 0 atom stereocenters. The number of hydrogen-bond donors (Lipinski definition) is 0. The van der Waals surface area contributed by atoms with Crippen LogP contribution in [0.4, 0.5) is 5.82 Å². The molecule has 208 valence electrons. The maximum Gasteiger partial charge on any atom is 0.342 e. The van der Waals surface area contributed by atoms with E-state index in [-0.39, 0.29) is 12.1 Å². The van der Waals surface area contributed by atoms with E-state index in [4.69, 9.17) is 4.74 Å². The van der Waals surface area contributed by atoms with E-state index >= 15 is 0 Å². The Morgan fingerprint density at radius 1 is 0.846 bits per heavy atom. The van der Waals surface area contributed by atoms with Gasteiger partial charge in [0.1, 0.15) is 11.4 Å². The van der Waals surface area contributed by atoms with Gasteiger partial charge in [-0.2, -0.15) is 0 Å². The van der Waals surface area contributed by atoms with Crippen LogP contribution in [0, 0.1) is 0 Å².